The summed E-state index contributed by atoms with van der Waals surface area (Å²) >= 11 is 0. The summed E-state index contributed by atoms with van der Waals surface area (Å²) in [4.78, 5) is 27.2. The molecule has 102 valence electrons. The van der Waals surface area contributed by atoms with E-state index in [4.69, 9.17) is 4.74 Å². The smallest absolute Gasteiger partial charge is 0.362 e. The number of esters is 2. The van der Waals surface area contributed by atoms with Gasteiger partial charge < -0.3 is 9.47 Å². The first kappa shape index (κ1) is 13.7. The summed E-state index contributed by atoms with van der Waals surface area (Å²) in [6.45, 7) is 1.79. The van der Waals surface area contributed by atoms with E-state index in [-0.39, 0.29) is 5.69 Å². The Bertz CT molecular complexity index is 635. The largest absolute Gasteiger partial charge is 0.465 e. The second-order valence-corrected chi connectivity index (χ2v) is 4.07. The van der Waals surface area contributed by atoms with Crippen LogP contribution in [0.5, 0.6) is 5.75 Å². The molecular weight excluding hydrogens is 258 g/mol. The highest BCUT2D eigenvalue weighted by Crippen LogP contribution is 2.14. The summed E-state index contributed by atoms with van der Waals surface area (Å²) in [5, 5.41) is 0. The number of rotatable bonds is 3. The van der Waals surface area contributed by atoms with Gasteiger partial charge in [0.15, 0.2) is 0 Å². The number of hydrogen-bond donors (Lipinski definition) is 0. The zero-order chi connectivity index (χ0) is 14.5. The van der Waals surface area contributed by atoms with Crippen LogP contribution >= 0.6 is 0 Å². The lowest BCUT2D eigenvalue weighted by molar-refractivity contribution is 0.0600. The number of nitrogens with zero attached hydrogens (tertiary/aromatic N) is 1. The Labute approximate surface area is 116 Å². The number of methoxy groups -OCH3 is 1. The van der Waals surface area contributed by atoms with Crippen LogP contribution in [0.3, 0.4) is 0 Å². The third-order valence-electron chi connectivity index (χ3n) is 2.58. The number of pyridine rings is 1. The van der Waals surface area contributed by atoms with E-state index in [0.717, 1.165) is 5.69 Å². The van der Waals surface area contributed by atoms with Gasteiger partial charge in [-0.05, 0) is 43.3 Å². The molecule has 1 aromatic heterocycles. The molecule has 0 aliphatic carbocycles. The lowest BCUT2D eigenvalue weighted by Gasteiger charge is -2.05. The quantitative estimate of drug-likeness (QED) is 0.633. The SMILES string of the molecule is COC(=O)c1ccc(OC(=O)c2cccc(C)n2)cc1. The molecule has 0 spiro atoms. The van der Waals surface area contributed by atoms with Gasteiger partial charge in [0, 0.05) is 5.69 Å². The Morgan fingerprint density at radius 1 is 1.00 bits per heavy atom. The molecule has 0 aliphatic heterocycles. The van der Waals surface area contributed by atoms with Crippen LogP contribution in [0.15, 0.2) is 42.5 Å². The van der Waals surface area contributed by atoms with Crippen molar-refractivity contribution >= 4 is 11.9 Å². The molecule has 1 heterocycles. The van der Waals surface area contributed by atoms with Crippen LogP contribution in [0.25, 0.3) is 0 Å². The van der Waals surface area contributed by atoms with Crippen molar-refractivity contribution in [2.45, 2.75) is 6.92 Å². The van der Waals surface area contributed by atoms with Crippen molar-refractivity contribution in [3.05, 3.63) is 59.4 Å². The maximum Gasteiger partial charge on any atom is 0.362 e. The van der Waals surface area contributed by atoms with Crippen molar-refractivity contribution in [1.82, 2.24) is 4.98 Å². The molecule has 0 unspecified atom stereocenters. The molecule has 0 atom stereocenters. The highest BCUT2D eigenvalue weighted by Gasteiger charge is 2.11. The number of benzene rings is 1. The number of carbonyl (C=O) groups excluding carboxylic acids is 2. The van der Waals surface area contributed by atoms with Crippen molar-refractivity contribution in [3.8, 4) is 5.75 Å². The number of aromatic nitrogens is 1. The van der Waals surface area contributed by atoms with E-state index in [1.165, 1.54) is 31.4 Å². The fourth-order valence-corrected chi connectivity index (χ4v) is 1.59. The van der Waals surface area contributed by atoms with Gasteiger partial charge in [-0.25, -0.2) is 14.6 Å². The summed E-state index contributed by atoms with van der Waals surface area (Å²) < 4.78 is 9.75. The molecule has 5 heteroatoms. The zero-order valence-electron chi connectivity index (χ0n) is 11.1. The molecule has 0 aliphatic rings. The van der Waals surface area contributed by atoms with E-state index in [1.807, 2.05) is 0 Å². The predicted octanol–water partition coefficient (Wildman–Crippen LogP) is 2.40. The van der Waals surface area contributed by atoms with Crippen LogP contribution in [-0.4, -0.2) is 24.0 Å². The van der Waals surface area contributed by atoms with Crippen molar-refractivity contribution in [2.24, 2.45) is 0 Å². The summed E-state index contributed by atoms with van der Waals surface area (Å²) in [5.74, 6) is -0.645. The molecule has 0 fully saturated rings. The van der Waals surface area contributed by atoms with Gasteiger partial charge in [-0.1, -0.05) is 6.07 Å². The summed E-state index contributed by atoms with van der Waals surface area (Å²) in [6, 6.07) is 11.2. The Hall–Kier alpha value is -2.69. The minimum Gasteiger partial charge on any atom is -0.465 e. The maximum absolute atomic E-state index is 11.9. The van der Waals surface area contributed by atoms with Gasteiger partial charge in [0.05, 0.1) is 12.7 Å². The lowest BCUT2D eigenvalue weighted by Crippen LogP contribution is -2.11. The van der Waals surface area contributed by atoms with Gasteiger partial charge in [0.1, 0.15) is 11.4 Å². The van der Waals surface area contributed by atoms with Crippen molar-refractivity contribution in [3.63, 3.8) is 0 Å². The monoisotopic (exact) mass is 271 g/mol. The number of aryl methyl sites for hydroxylation is 1. The first-order chi connectivity index (χ1) is 9.60. The van der Waals surface area contributed by atoms with Gasteiger partial charge in [-0.15, -0.1) is 0 Å². The normalized spacial score (nSPS) is 9.90. The predicted molar refractivity (Wildman–Crippen MR) is 71.7 cm³/mol. The van der Waals surface area contributed by atoms with Gasteiger partial charge in [-0.2, -0.15) is 0 Å². The van der Waals surface area contributed by atoms with E-state index in [9.17, 15) is 9.59 Å². The van der Waals surface area contributed by atoms with Gasteiger partial charge in [0.25, 0.3) is 0 Å². The maximum atomic E-state index is 11.9. The molecule has 0 saturated heterocycles. The van der Waals surface area contributed by atoms with Crippen LogP contribution in [0.2, 0.25) is 0 Å². The molecule has 2 rings (SSSR count). The molecule has 20 heavy (non-hydrogen) atoms. The van der Waals surface area contributed by atoms with E-state index in [0.29, 0.717) is 11.3 Å². The molecule has 0 radical (unpaired) electrons. The van der Waals surface area contributed by atoms with Gasteiger partial charge >= 0.3 is 11.9 Å². The Kier molecular flexibility index (Phi) is 4.10. The molecule has 5 nitrogen and oxygen atoms in total. The first-order valence-corrected chi connectivity index (χ1v) is 5.94. The lowest BCUT2D eigenvalue weighted by atomic mass is 10.2. The summed E-state index contributed by atoms with van der Waals surface area (Å²) in [6.07, 6.45) is 0. The van der Waals surface area contributed by atoms with E-state index in [2.05, 4.69) is 9.72 Å². The van der Waals surface area contributed by atoms with Crippen LogP contribution in [0.4, 0.5) is 0 Å². The van der Waals surface area contributed by atoms with Gasteiger partial charge in [-0.3, -0.25) is 0 Å². The molecule has 0 saturated carbocycles. The molecule has 0 N–H and O–H groups in total. The van der Waals surface area contributed by atoms with Crippen molar-refractivity contribution < 1.29 is 19.1 Å². The Morgan fingerprint density at radius 3 is 2.30 bits per heavy atom. The molecule has 0 amide bonds. The van der Waals surface area contributed by atoms with E-state index < -0.39 is 11.9 Å². The fraction of sp³-hybridized carbons (Fsp3) is 0.133. The fourth-order valence-electron chi connectivity index (χ4n) is 1.59. The zero-order valence-corrected chi connectivity index (χ0v) is 11.1. The minimum atomic E-state index is -0.542. The molecule has 1 aromatic carbocycles. The summed E-state index contributed by atoms with van der Waals surface area (Å²) in [5.41, 5.74) is 1.36. The molecule has 2 aromatic rings. The average molecular weight is 271 g/mol. The van der Waals surface area contributed by atoms with Gasteiger partial charge in [0.2, 0.25) is 0 Å². The second-order valence-electron chi connectivity index (χ2n) is 4.07. The summed E-state index contributed by atoms with van der Waals surface area (Å²) in [7, 11) is 1.31. The van der Waals surface area contributed by atoms with E-state index >= 15 is 0 Å². The molecule has 0 bridgehead atoms. The van der Waals surface area contributed by atoms with E-state index in [1.54, 1.807) is 25.1 Å². The van der Waals surface area contributed by atoms with Crippen LogP contribution < -0.4 is 4.74 Å². The average Bonchev–Trinajstić information content (AvgIpc) is 2.47. The number of carbonyl (C=O) groups is 2. The first-order valence-electron chi connectivity index (χ1n) is 5.94. The third kappa shape index (κ3) is 3.20. The van der Waals surface area contributed by atoms with Crippen LogP contribution in [0, 0.1) is 6.92 Å². The number of hydrogen-bond acceptors (Lipinski definition) is 5. The molecular formula is C15H13NO4. The second kappa shape index (κ2) is 5.97. The van der Waals surface area contributed by atoms with Crippen molar-refractivity contribution in [2.75, 3.05) is 7.11 Å². The minimum absolute atomic E-state index is 0.238. The van der Waals surface area contributed by atoms with Crippen molar-refractivity contribution in [1.29, 1.82) is 0 Å². The standard InChI is InChI=1S/C15H13NO4/c1-10-4-3-5-13(16-10)15(18)20-12-8-6-11(7-9-12)14(17)19-2/h3-9H,1-2H3. The third-order valence-corrected chi connectivity index (χ3v) is 2.58. The Balaban J connectivity index is 2.10. The highest BCUT2D eigenvalue weighted by molar-refractivity contribution is 5.90. The van der Waals surface area contributed by atoms with Crippen LogP contribution in [0.1, 0.15) is 26.5 Å². The Morgan fingerprint density at radius 2 is 1.70 bits per heavy atom. The van der Waals surface area contributed by atoms with Crippen LogP contribution in [-0.2, 0) is 4.74 Å². The number of ether oxygens (including phenoxy) is 2. The topological polar surface area (TPSA) is 65.5 Å². The highest BCUT2D eigenvalue weighted by atomic mass is 16.5.